The summed E-state index contributed by atoms with van der Waals surface area (Å²) in [5, 5.41) is 9.78. The summed E-state index contributed by atoms with van der Waals surface area (Å²) in [6.07, 6.45) is 0. The van der Waals surface area contributed by atoms with Gasteiger partial charge < -0.3 is 14.3 Å². The number of rotatable bonds is 4. The van der Waals surface area contributed by atoms with E-state index in [2.05, 4.69) is 9.72 Å². The molecular weight excluding hydrogens is 282 g/mol. The third kappa shape index (κ3) is 3.00. The maximum absolute atomic E-state index is 11.4. The summed E-state index contributed by atoms with van der Waals surface area (Å²) in [6.45, 7) is 1.70. The number of ether oxygens (including phenoxy) is 1. The van der Waals surface area contributed by atoms with Gasteiger partial charge in [0.05, 0.1) is 18.4 Å². The van der Waals surface area contributed by atoms with Crippen LogP contribution in [0.4, 0.5) is 0 Å². The van der Waals surface area contributed by atoms with E-state index in [4.69, 9.17) is 9.52 Å². The fourth-order valence-electron chi connectivity index (χ4n) is 1.51. The summed E-state index contributed by atoms with van der Waals surface area (Å²) in [7, 11) is 1.31. The van der Waals surface area contributed by atoms with Gasteiger partial charge in [0.25, 0.3) is 0 Å². The molecule has 2 heterocycles. The lowest BCUT2D eigenvalue weighted by molar-refractivity contribution is 0.0597. The Bertz CT molecular complexity index is 665. The molecule has 1 N–H and O–H groups in total. The van der Waals surface area contributed by atoms with Crippen LogP contribution >= 0.6 is 11.8 Å². The highest BCUT2D eigenvalue weighted by Crippen LogP contribution is 2.28. The number of aromatic carboxylic acids is 1. The van der Waals surface area contributed by atoms with Crippen molar-refractivity contribution in [2.45, 2.75) is 17.0 Å². The Kier molecular flexibility index (Phi) is 4.09. The van der Waals surface area contributed by atoms with Crippen molar-refractivity contribution in [1.82, 2.24) is 4.98 Å². The van der Waals surface area contributed by atoms with Crippen LogP contribution < -0.4 is 0 Å². The summed E-state index contributed by atoms with van der Waals surface area (Å²) in [5.74, 6) is -1.70. The van der Waals surface area contributed by atoms with Crippen LogP contribution in [-0.4, -0.2) is 29.1 Å². The van der Waals surface area contributed by atoms with Crippen LogP contribution in [0.5, 0.6) is 0 Å². The molecular formula is C13H11NO5S. The number of hydrogen-bond donors (Lipinski definition) is 1. The van der Waals surface area contributed by atoms with Gasteiger partial charge in [0.2, 0.25) is 5.76 Å². The smallest absolute Gasteiger partial charge is 0.371 e. The lowest BCUT2D eigenvalue weighted by Gasteiger charge is -2.04. The third-order valence-electron chi connectivity index (χ3n) is 2.46. The first-order chi connectivity index (χ1) is 9.51. The molecule has 20 heavy (non-hydrogen) atoms. The summed E-state index contributed by atoms with van der Waals surface area (Å²) >= 11 is 1.17. The number of methoxy groups -OCH3 is 1. The SMILES string of the molecule is COC(=O)c1ccc(Sc2ccc(C(=O)O)o2)nc1C. The van der Waals surface area contributed by atoms with E-state index in [0.29, 0.717) is 21.4 Å². The molecule has 6 nitrogen and oxygen atoms in total. The number of nitrogens with zero attached hydrogens (tertiary/aromatic N) is 1. The molecule has 0 bridgehead atoms. The monoisotopic (exact) mass is 293 g/mol. The molecule has 2 rings (SSSR count). The molecule has 0 fully saturated rings. The van der Waals surface area contributed by atoms with E-state index in [9.17, 15) is 9.59 Å². The number of aromatic nitrogens is 1. The number of furan rings is 1. The fourth-order valence-corrected chi connectivity index (χ4v) is 2.31. The van der Waals surface area contributed by atoms with Crippen LogP contribution in [0.15, 0.2) is 38.8 Å². The molecule has 0 spiro atoms. The Morgan fingerprint density at radius 2 is 2.05 bits per heavy atom. The fraction of sp³-hybridized carbons (Fsp3) is 0.154. The minimum Gasteiger partial charge on any atom is -0.475 e. The molecule has 7 heteroatoms. The second-order valence-electron chi connectivity index (χ2n) is 3.80. The molecule has 2 aromatic heterocycles. The highest BCUT2D eigenvalue weighted by molar-refractivity contribution is 7.99. The maximum Gasteiger partial charge on any atom is 0.371 e. The number of carboxylic acid groups (broad SMARTS) is 1. The molecule has 0 atom stereocenters. The van der Waals surface area contributed by atoms with E-state index in [0.717, 1.165) is 0 Å². The molecule has 0 aromatic carbocycles. The van der Waals surface area contributed by atoms with Crippen molar-refractivity contribution in [1.29, 1.82) is 0 Å². The van der Waals surface area contributed by atoms with Crippen molar-refractivity contribution in [2.24, 2.45) is 0 Å². The van der Waals surface area contributed by atoms with Crippen molar-refractivity contribution < 1.29 is 23.8 Å². The van der Waals surface area contributed by atoms with Gasteiger partial charge >= 0.3 is 11.9 Å². The number of pyridine rings is 1. The molecule has 0 aliphatic carbocycles. The van der Waals surface area contributed by atoms with Gasteiger partial charge in [-0.2, -0.15) is 0 Å². The molecule has 0 saturated carbocycles. The topological polar surface area (TPSA) is 89.6 Å². The predicted octanol–water partition coefficient (Wildman–Crippen LogP) is 2.62. The average Bonchev–Trinajstić information content (AvgIpc) is 2.87. The second kappa shape index (κ2) is 5.79. The highest BCUT2D eigenvalue weighted by atomic mass is 32.2. The Morgan fingerprint density at radius 3 is 2.60 bits per heavy atom. The molecule has 0 unspecified atom stereocenters. The van der Waals surface area contributed by atoms with Gasteiger partial charge in [0.15, 0.2) is 5.09 Å². The van der Waals surface area contributed by atoms with Gasteiger partial charge in [-0.1, -0.05) is 0 Å². The molecule has 2 aromatic rings. The Labute approximate surface area is 118 Å². The third-order valence-corrected chi connectivity index (χ3v) is 3.32. The zero-order chi connectivity index (χ0) is 14.7. The predicted molar refractivity (Wildman–Crippen MR) is 70.1 cm³/mol. The summed E-state index contributed by atoms with van der Waals surface area (Å²) in [5.41, 5.74) is 0.925. The lowest BCUT2D eigenvalue weighted by atomic mass is 10.2. The normalized spacial score (nSPS) is 10.3. The van der Waals surface area contributed by atoms with Crippen molar-refractivity contribution >= 4 is 23.7 Å². The van der Waals surface area contributed by atoms with Crippen molar-refractivity contribution in [3.8, 4) is 0 Å². The summed E-state index contributed by atoms with van der Waals surface area (Å²) in [6, 6.07) is 6.18. The van der Waals surface area contributed by atoms with E-state index < -0.39 is 11.9 Å². The van der Waals surface area contributed by atoms with Crippen LogP contribution in [0.2, 0.25) is 0 Å². The number of carbonyl (C=O) groups excluding carboxylic acids is 1. The van der Waals surface area contributed by atoms with Crippen LogP contribution in [-0.2, 0) is 4.74 Å². The zero-order valence-corrected chi connectivity index (χ0v) is 11.6. The molecule has 0 aliphatic heterocycles. The van der Waals surface area contributed by atoms with E-state index in [-0.39, 0.29) is 5.76 Å². The molecule has 0 amide bonds. The first-order valence-electron chi connectivity index (χ1n) is 5.58. The zero-order valence-electron chi connectivity index (χ0n) is 10.7. The van der Waals surface area contributed by atoms with Gasteiger partial charge in [0.1, 0.15) is 5.03 Å². The molecule has 0 aliphatic rings. The first kappa shape index (κ1) is 14.1. The van der Waals surface area contributed by atoms with Crippen molar-refractivity contribution in [3.63, 3.8) is 0 Å². The number of carboxylic acids is 1. The highest BCUT2D eigenvalue weighted by Gasteiger charge is 2.13. The number of esters is 1. The number of aryl methyl sites for hydroxylation is 1. The number of carbonyl (C=O) groups is 2. The van der Waals surface area contributed by atoms with E-state index >= 15 is 0 Å². The first-order valence-corrected chi connectivity index (χ1v) is 6.40. The van der Waals surface area contributed by atoms with Gasteiger partial charge in [-0.3, -0.25) is 0 Å². The summed E-state index contributed by atoms with van der Waals surface area (Å²) < 4.78 is 9.75. The van der Waals surface area contributed by atoms with Gasteiger partial charge in [-0.15, -0.1) is 0 Å². The quantitative estimate of drug-likeness (QED) is 0.866. The number of hydrogen-bond acceptors (Lipinski definition) is 6. The van der Waals surface area contributed by atoms with E-state index in [1.807, 2.05) is 0 Å². The van der Waals surface area contributed by atoms with Crippen molar-refractivity contribution in [2.75, 3.05) is 7.11 Å². The Hall–Kier alpha value is -2.28. The minimum absolute atomic E-state index is 0.129. The standard InChI is InChI=1S/C13H11NO5S/c1-7-8(13(17)18-2)3-5-10(14-7)20-11-6-4-9(19-11)12(15)16/h3-6H,1-2H3,(H,15,16). The van der Waals surface area contributed by atoms with E-state index in [1.54, 1.807) is 25.1 Å². The van der Waals surface area contributed by atoms with Gasteiger partial charge in [-0.05, 0) is 43.0 Å². The second-order valence-corrected chi connectivity index (χ2v) is 4.82. The average molecular weight is 293 g/mol. The van der Waals surface area contributed by atoms with E-state index in [1.165, 1.54) is 24.9 Å². The lowest BCUT2D eigenvalue weighted by Crippen LogP contribution is -2.05. The van der Waals surface area contributed by atoms with Gasteiger partial charge in [0, 0.05) is 0 Å². The minimum atomic E-state index is -1.12. The summed E-state index contributed by atoms with van der Waals surface area (Å²) in [4.78, 5) is 26.4. The largest absolute Gasteiger partial charge is 0.475 e. The van der Waals surface area contributed by atoms with Crippen LogP contribution in [0.25, 0.3) is 0 Å². The Morgan fingerprint density at radius 1 is 1.30 bits per heavy atom. The maximum atomic E-state index is 11.4. The van der Waals surface area contributed by atoms with Gasteiger partial charge in [-0.25, -0.2) is 14.6 Å². The molecule has 0 radical (unpaired) electrons. The van der Waals surface area contributed by atoms with Crippen LogP contribution in [0.1, 0.15) is 26.6 Å². The van der Waals surface area contributed by atoms with Crippen molar-refractivity contribution in [3.05, 3.63) is 41.3 Å². The molecule has 0 saturated heterocycles. The molecule has 104 valence electrons. The van der Waals surface area contributed by atoms with Crippen LogP contribution in [0.3, 0.4) is 0 Å². The Balaban J connectivity index is 2.19. The van der Waals surface area contributed by atoms with Crippen LogP contribution in [0, 0.1) is 6.92 Å².